The van der Waals surface area contributed by atoms with Gasteiger partial charge in [-0.25, -0.2) is 4.98 Å². The van der Waals surface area contributed by atoms with Crippen LogP contribution in [0.1, 0.15) is 18.2 Å². The summed E-state index contributed by atoms with van der Waals surface area (Å²) in [5, 5.41) is 2.04. The number of aromatic nitrogens is 2. The molecular formula is C15H18N4S. The minimum atomic E-state index is 0.499. The Morgan fingerprint density at radius 3 is 2.80 bits per heavy atom. The first kappa shape index (κ1) is 13.1. The first-order chi connectivity index (χ1) is 9.83. The van der Waals surface area contributed by atoms with Crippen molar-refractivity contribution in [1.29, 1.82) is 0 Å². The fourth-order valence-electron chi connectivity index (χ4n) is 2.40. The Labute approximate surface area is 122 Å². The van der Waals surface area contributed by atoms with Crippen molar-refractivity contribution >= 4 is 22.1 Å². The van der Waals surface area contributed by atoms with Gasteiger partial charge in [-0.2, -0.15) is 0 Å². The Morgan fingerprint density at radius 2 is 2.10 bits per heavy atom. The van der Waals surface area contributed by atoms with Gasteiger partial charge >= 0.3 is 0 Å². The minimum absolute atomic E-state index is 0.499. The zero-order chi connectivity index (χ0) is 13.9. The van der Waals surface area contributed by atoms with Gasteiger partial charge in [-0.1, -0.05) is 30.3 Å². The second-order valence-corrected chi connectivity index (χ2v) is 5.51. The quantitative estimate of drug-likeness (QED) is 0.784. The van der Waals surface area contributed by atoms with E-state index in [4.69, 9.17) is 10.7 Å². The van der Waals surface area contributed by atoms with Gasteiger partial charge in [0, 0.05) is 31.2 Å². The molecule has 0 saturated heterocycles. The molecule has 104 valence electrons. The van der Waals surface area contributed by atoms with Crippen LogP contribution in [0, 0.1) is 0 Å². The number of hydrogen-bond donors (Lipinski definition) is 1. The number of hydrogen-bond acceptors (Lipinski definition) is 4. The number of nitrogens with two attached hydrogens (primary N) is 1. The van der Waals surface area contributed by atoms with Crippen molar-refractivity contribution in [2.24, 2.45) is 5.73 Å². The molecule has 0 bridgehead atoms. The van der Waals surface area contributed by atoms with Crippen LogP contribution in [0.25, 0.3) is 4.96 Å². The summed E-state index contributed by atoms with van der Waals surface area (Å²) in [6, 6.07) is 10.5. The van der Waals surface area contributed by atoms with Gasteiger partial charge in [-0.15, -0.1) is 11.3 Å². The lowest BCUT2D eigenvalue weighted by Crippen LogP contribution is -2.24. The number of imidazole rings is 1. The molecule has 0 aliphatic rings. The van der Waals surface area contributed by atoms with Crippen LogP contribution in [0.5, 0.6) is 0 Å². The zero-order valence-electron chi connectivity index (χ0n) is 11.5. The van der Waals surface area contributed by atoms with E-state index in [1.54, 1.807) is 11.3 Å². The highest BCUT2D eigenvalue weighted by Gasteiger charge is 2.17. The van der Waals surface area contributed by atoms with E-state index in [0.717, 1.165) is 29.6 Å². The molecule has 0 amide bonds. The van der Waals surface area contributed by atoms with Gasteiger partial charge in [0.25, 0.3) is 0 Å². The topological polar surface area (TPSA) is 46.6 Å². The molecule has 2 aromatic heterocycles. The molecule has 1 aromatic carbocycles. The molecule has 0 unspecified atom stereocenters. The van der Waals surface area contributed by atoms with E-state index >= 15 is 0 Å². The van der Waals surface area contributed by atoms with Gasteiger partial charge in [0.05, 0.1) is 5.69 Å². The molecule has 0 saturated carbocycles. The molecule has 20 heavy (non-hydrogen) atoms. The summed E-state index contributed by atoms with van der Waals surface area (Å²) in [5.41, 5.74) is 8.29. The van der Waals surface area contributed by atoms with Gasteiger partial charge in [-0.05, 0) is 12.5 Å². The third kappa shape index (κ3) is 2.30. The fourth-order valence-corrected chi connectivity index (χ4v) is 3.13. The monoisotopic (exact) mass is 286 g/mol. The van der Waals surface area contributed by atoms with Crippen LogP contribution in [-0.2, 0) is 13.1 Å². The van der Waals surface area contributed by atoms with Crippen LogP contribution in [0.2, 0.25) is 0 Å². The summed E-state index contributed by atoms with van der Waals surface area (Å²) in [5.74, 6) is 1.01. The summed E-state index contributed by atoms with van der Waals surface area (Å²) in [6.07, 6.45) is 2.04. The largest absolute Gasteiger partial charge is 0.351 e. The van der Waals surface area contributed by atoms with Gasteiger partial charge in [0.2, 0.25) is 0 Å². The SMILES string of the molecule is CCN(Cc1ccccc1)c1nc2sccn2c1CN. The van der Waals surface area contributed by atoms with E-state index in [2.05, 4.69) is 40.5 Å². The van der Waals surface area contributed by atoms with Gasteiger partial charge in [0.1, 0.15) is 0 Å². The number of fused-ring (bicyclic) bond motifs is 1. The molecule has 0 spiro atoms. The number of benzene rings is 1. The van der Waals surface area contributed by atoms with Crippen LogP contribution >= 0.6 is 11.3 Å². The third-order valence-corrected chi connectivity index (χ3v) is 4.19. The lowest BCUT2D eigenvalue weighted by Gasteiger charge is -2.22. The highest BCUT2D eigenvalue weighted by atomic mass is 32.1. The van der Waals surface area contributed by atoms with E-state index in [1.165, 1.54) is 5.56 Å². The molecule has 0 aliphatic carbocycles. The fraction of sp³-hybridized carbons (Fsp3) is 0.267. The van der Waals surface area contributed by atoms with Crippen LogP contribution in [0.4, 0.5) is 5.82 Å². The first-order valence-electron chi connectivity index (χ1n) is 6.76. The average Bonchev–Trinajstić information content (AvgIpc) is 3.06. The Morgan fingerprint density at radius 1 is 1.30 bits per heavy atom. The van der Waals surface area contributed by atoms with Gasteiger partial charge in [-0.3, -0.25) is 4.40 Å². The van der Waals surface area contributed by atoms with Crippen molar-refractivity contribution < 1.29 is 0 Å². The Hall–Kier alpha value is -1.85. The molecule has 0 fully saturated rings. The second-order valence-electron chi connectivity index (χ2n) is 4.64. The molecule has 5 heteroatoms. The Kier molecular flexibility index (Phi) is 3.71. The second kappa shape index (κ2) is 5.64. The predicted octanol–water partition coefficient (Wildman–Crippen LogP) is 2.88. The van der Waals surface area contributed by atoms with Crippen molar-refractivity contribution in [3.05, 3.63) is 53.2 Å². The van der Waals surface area contributed by atoms with Crippen LogP contribution < -0.4 is 10.6 Å². The van der Waals surface area contributed by atoms with Gasteiger partial charge < -0.3 is 10.6 Å². The van der Waals surface area contributed by atoms with E-state index in [-0.39, 0.29) is 0 Å². The molecule has 0 atom stereocenters. The van der Waals surface area contributed by atoms with Crippen LogP contribution in [-0.4, -0.2) is 15.9 Å². The lowest BCUT2D eigenvalue weighted by molar-refractivity contribution is 0.803. The summed E-state index contributed by atoms with van der Waals surface area (Å²) < 4.78 is 2.09. The lowest BCUT2D eigenvalue weighted by atomic mass is 10.2. The number of anilines is 1. The average molecular weight is 286 g/mol. The van der Waals surface area contributed by atoms with Crippen molar-refractivity contribution in [3.63, 3.8) is 0 Å². The summed E-state index contributed by atoms with van der Waals surface area (Å²) >= 11 is 1.64. The molecule has 2 N–H and O–H groups in total. The third-order valence-electron chi connectivity index (χ3n) is 3.43. The predicted molar refractivity (Wildman–Crippen MR) is 84.1 cm³/mol. The highest BCUT2D eigenvalue weighted by molar-refractivity contribution is 7.15. The molecule has 0 aliphatic heterocycles. The van der Waals surface area contributed by atoms with Crippen LogP contribution in [0.15, 0.2) is 41.9 Å². The maximum absolute atomic E-state index is 5.92. The van der Waals surface area contributed by atoms with Crippen LogP contribution in [0.3, 0.4) is 0 Å². The number of rotatable bonds is 5. The summed E-state index contributed by atoms with van der Waals surface area (Å²) in [6.45, 7) is 4.41. The van der Waals surface area contributed by atoms with Crippen molar-refractivity contribution in [3.8, 4) is 0 Å². The van der Waals surface area contributed by atoms with Crippen molar-refractivity contribution in [2.45, 2.75) is 20.0 Å². The maximum Gasteiger partial charge on any atom is 0.195 e. The highest BCUT2D eigenvalue weighted by Crippen LogP contribution is 2.25. The summed E-state index contributed by atoms with van der Waals surface area (Å²) in [7, 11) is 0. The number of thiazole rings is 1. The molecule has 4 nitrogen and oxygen atoms in total. The molecule has 0 radical (unpaired) electrons. The van der Waals surface area contributed by atoms with Crippen molar-refractivity contribution in [1.82, 2.24) is 9.38 Å². The standard InChI is InChI=1S/C15H18N4S/c1-2-18(11-12-6-4-3-5-7-12)14-13(10-16)19-8-9-20-15(19)17-14/h3-9H,2,10-11,16H2,1H3. The maximum atomic E-state index is 5.92. The first-order valence-corrected chi connectivity index (χ1v) is 7.64. The summed E-state index contributed by atoms with van der Waals surface area (Å²) in [4.78, 5) is 8.02. The molecule has 3 aromatic rings. The van der Waals surface area contributed by atoms with E-state index in [1.807, 2.05) is 17.6 Å². The van der Waals surface area contributed by atoms with Crippen molar-refractivity contribution in [2.75, 3.05) is 11.4 Å². The van der Waals surface area contributed by atoms with E-state index in [0.29, 0.717) is 6.54 Å². The molecule has 2 heterocycles. The Bertz CT molecular complexity index is 686. The number of nitrogens with zero attached hydrogens (tertiary/aromatic N) is 3. The normalized spacial score (nSPS) is 11.1. The molecular weight excluding hydrogens is 268 g/mol. The van der Waals surface area contributed by atoms with Gasteiger partial charge in [0.15, 0.2) is 10.8 Å². The smallest absolute Gasteiger partial charge is 0.195 e. The van der Waals surface area contributed by atoms with E-state index < -0.39 is 0 Å². The van der Waals surface area contributed by atoms with E-state index in [9.17, 15) is 0 Å². The zero-order valence-corrected chi connectivity index (χ0v) is 12.3. The minimum Gasteiger partial charge on any atom is -0.351 e. The Balaban J connectivity index is 1.96. The molecule has 3 rings (SSSR count).